The number of sulfonamides is 1. The molecule has 1 aliphatic rings. The zero-order valence-electron chi connectivity index (χ0n) is 10.8. The molecule has 1 N–H and O–H groups in total. The van der Waals surface area contributed by atoms with E-state index < -0.39 is 10.0 Å². The zero-order chi connectivity index (χ0) is 13.2. The van der Waals surface area contributed by atoms with E-state index in [1.54, 1.807) is 29.7 Å². The highest BCUT2D eigenvalue weighted by Gasteiger charge is 2.35. The molecule has 0 aliphatic carbocycles. The largest absolute Gasteiger partial charge is 0.372 e. The van der Waals surface area contributed by atoms with Gasteiger partial charge in [-0.3, -0.25) is 0 Å². The van der Waals surface area contributed by atoms with Crippen molar-refractivity contribution in [2.24, 2.45) is 0 Å². The molecule has 18 heavy (non-hydrogen) atoms. The van der Waals surface area contributed by atoms with Crippen LogP contribution in [-0.2, 0) is 10.0 Å². The lowest BCUT2D eigenvalue weighted by molar-refractivity contribution is 0.380. The minimum Gasteiger partial charge on any atom is -0.372 e. The fraction of sp³-hybridized carbons (Fsp3) is 0.583. The van der Waals surface area contributed by atoms with Gasteiger partial charge in [-0.05, 0) is 31.4 Å². The number of aromatic nitrogens is 1. The third kappa shape index (κ3) is 2.22. The van der Waals surface area contributed by atoms with Crippen molar-refractivity contribution < 1.29 is 8.42 Å². The maximum atomic E-state index is 12.6. The highest BCUT2D eigenvalue weighted by molar-refractivity contribution is 7.89. The van der Waals surface area contributed by atoms with Crippen molar-refractivity contribution in [3.8, 4) is 0 Å². The molecule has 0 saturated carbocycles. The molecule has 0 aromatic carbocycles. The first-order valence-corrected chi connectivity index (χ1v) is 7.70. The number of pyridine rings is 1. The minimum atomic E-state index is -3.43. The highest BCUT2D eigenvalue weighted by Crippen LogP contribution is 2.30. The topological polar surface area (TPSA) is 62.3 Å². The molecule has 1 fully saturated rings. The molecule has 0 radical (unpaired) electrons. The summed E-state index contributed by atoms with van der Waals surface area (Å²) in [5.74, 6) is 0.416. The number of nitrogens with one attached hydrogen (secondary N) is 1. The quantitative estimate of drug-likeness (QED) is 0.903. The summed E-state index contributed by atoms with van der Waals surface area (Å²) in [6, 6.07) is 3.39. The van der Waals surface area contributed by atoms with Gasteiger partial charge in [-0.2, -0.15) is 4.31 Å². The Morgan fingerprint density at radius 1 is 1.56 bits per heavy atom. The van der Waals surface area contributed by atoms with E-state index in [2.05, 4.69) is 10.3 Å². The molecule has 6 heteroatoms. The van der Waals surface area contributed by atoms with Crippen LogP contribution >= 0.6 is 0 Å². The molecule has 5 nitrogen and oxygen atoms in total. The Bertz CT molecular complexity index is 516. The van der Waals surface area contributed by atoms with Gasteiger partial charge in [0.25, 0.3) is 0 Å². The van der Waals surface area contributed by atoms with Crippen molar-refractivity contribution in [2.75, 3.05) is 18.9 Å². The van der Waals surface area contributed by atoms with Gasteiger partial charge in [0.15, 0.2) is 0 Å². The molecule has 0 amide bonds. The van der Waals surface area contributed by atoms with Gasteiger partial charge in [0.2, 0.25) is 10.0 Å². The minimum absolute atomic E-state index is 0.125. The molecule has 0 bridgehead atoms. The third-order valence-corrected chi connectivity index (χ3v) is 5.37. The first-order chi connectivity index (χ1) is 8.61. The number of hydrogen-bond donors (Lipinski definition) is 1. The van der Waals surface area contributed by atoms with Crippen molar-refractivity contribution in [3.05, 3.63) is 18.3 Å². The van der Waals surface area contributed by atoms with Crippen LogP contribution in [0.15, 0.2) is 23.2 Å². The molecule has 2 rings (SSSR count). The summed E-state index contributed by atoms with van der Waals surface area (Å²) in [5, 5.41) is 2.84. The first-order valence-electron chi connectivity index (χ1n) is 6.26. The predicted molar refractivity (Wildman–Crippen MR) is 71.0 cm³/mol. The van der Waals surface area contributed by atoms with E-state index in [0.29, 0.717) is 12.4 Å². The average molecular weight is 269 g/mol. The summed E-state index contributed by atoms with van der Waals surface area (Å²) in [6.07, 6.45) is 4.33. The van der Waals surface area contributed by atoms with Gasteiger partial charge in [0.05, 0.1) is 0 Å². The van der Waals surface area contributed by atoms with Crippen LogP contribution in [0.1, 0.15) is 26.2 Å². The maximum Gasteiger partial charge on any atom is 0.246 e. The summed E-state index contributed by atoms with van der Waals surface area (Å²) in [4.78, 5) is 4.34. The monoisotopic (exact) mass is 269 g/mol. The second kappa shape index (κ2) is 5.24. The first kappa shape index (κ1) is 13.3. The molecular weight excluding hydrogens is 250 g/mol. The lowest BCUT2D eigenvalue weighted by Crippen LogP contribution is -2.35. The Balaban J connectivity index is 2.42. The van der Waals surface area contributed by atoms with Crippen LogP contribution in [0.4, 0.5) is 5.82 Å². The Labute approximate surface area is 108 Å². The van der Waals surface area contributed by atoms with E-state index in [4.69, 9.17) is 0 Å². The highest BCUT2D eigenvalue weighted by atomic mass is 32.2. The lowest BCUT2D eigenvalue weighted by Gasteiger charge is -2.23. The summed E-state index contributed by atoms with van der Waals surface area (Å²) in [7, 11) is -1.75. The van der Waals surface area contributed by atoms with E-state index in [1.165, 1.54) is 0 Å². The fourth-order valence-corrected chi connectivity index (χ4v) is 4.37. The van der Waals surface area contributed by atoms with Gasteiger partial charge in [-0.25, -0.2) is 13.4 Å². The summed E-state index contributed by atoms with van der Waals surface area (Å²) >= 11 is 0. The summed E-state index contributed by atoms with van der Waals surface area (Å²) in [6.45, 7) is 2.64. The van der Waals surface area contributed by atoms with Gasteiger partial charge in [0, 0.05) is 25.8 Å². The SMILES string of the molecule is CCC1CCCN1S(=O)(=O)c1cccnc1NC. The Morgan fingerprint density at radius 3 is 3.00 bits per heavy atom. The van der Waals surface area contributed by atoms with Gasteiger partial charge in [-0.15, -0.1) is 0 Å². The van der Waals surface area contributed by atoms with Crippen LogP contribution in [0, 0.1) is 0 Å². The van der Waals surface area contributed by atoms with Crippen LogP contribution < -0.4 is 5.32 Å². The Kier molecular flexibility index (Phi) is 3.87. The molecule has 100 valence electrons. The fourth-order valence-electron chi connectivity index (χ4n) is 2.45. The van der Waals surface area contributed by atoms with Crippen molar-refractivity contribution in [1.29, 1.82) is 0 Å². The molecule has 1 saturated heterocycles. The van der Waals surface area contributed by atoms with Crippen LogP contribution in [0.5, 0.6) is 0 Å². The zero-order valence-corrected chi connectivity index (χ0v) is 11.6. The number of nitrogens with zero attached hydrogens (tertiary/aromatic N) is 2. The van der Waals surface area contributed by atoms with E-state index in [1.807, 2.05) is 6.92 Å². The standard InChI is InChI=1S/C12H19N3O2S/c1-3-10-6-5-9-15(10)18(16,17)11-7-4-8-14-12(11)13-2/h4,7-8,10H,3,5-6,9H2,1-2H3,(H,13,14). The van der Waals surface area contributed by atoms with Crippen molar-refractivity contribution in [2.45, 2.75) is 37.1 Å². The third-order valence-electron chi connectivity index (χ3n) is 3.39. The second-order valence-corrected chi connectivity index (χ2v) is 6.28. The molecule has 1 unspecified atom stereocenters. The van der Waals surface area contributed by atoms with Crippen LogP contribution in [0.2, 0.25) is 0 Å². The van der Waals surface area contributed by atoms with Crippen LogP contribution in [-0.4, -0.2) is 37.3 Å². The Hall–Kier alpha value is -1.14. The average Bonchev–Trinajstić information content (AvgIpc) is 2.87. The normalized spacial score (nSPS) is 21.1. The number of hydrogen-bond acceptors (Lipinski definition) is 4. The smallest absolute Gasteiger partial charge is 0.246 e. The molecule has 2 heterocycles. The molecule has 1 aliphatic heterocycles. The Morgan fingerprint density at radius 2 is 2.33 bits per heavy atom. The number of anilines is 1. The van der Waals surface area contributed by atoms with E-state index in [-0.39, 0.29) is 10.9 Å². The molecule has 0 spiro atoms. The van der Waals surface area contributed by atoms with Crippen LogP contribution in [0.3, 0.4) is 0 Å². The summed E-state index contributed by atoms with van der Waals surface area (Å²) in [5.41, 5.74) is 0. The van der Waals surface area contributed by atoms with Gasteiger partial charge in [-0.1, -0.05) is 6.92 Å². The molecule has 1 atom stereocenters. The van der Waals surface area contributed by atoms with Crippen molar-refractivity contribution in [3.63, 3.8) is 0 Å². The van der Waals surface area contributed by atoms with E-state index >= 15 is 0 Å². The van der Waals surface area contributed by atoms with Gasteiger partial charge < -0.3 is 5.32 Å². The van der Waals surface area contributed by atoms with Gasteiger partial charge in [0.1, 0.15) is 10.7 Å². The van der Waals surface area contributed by atoms with Crippen LogP contribution in [0.25, 0.3) is 0 Å². The van der Waals surface area contributed by atoms with Gasteiger partial charge >= 0.3 is 0 Å². The second-order valence-electron chi connectivity index (χ2n) is 4.42. The molecule has 1 aromatic heterocycles. The van der Waals surface area contributed by atoms with E-state index in [0.717, 1.165) is 19.3 Å². The van der Waals surface area contributed by atoms with Crippen molar-refractivity contribution in [1.82, 2.24) is 9.29 Å². The molecule has 1 aromatic rings. The number of rotatable bonds is 4. The molecular formula is C12H19N3O2S. The van der Waals surface area contributed by atoms with Crippen molar-refractivity contribution >= 4 is 15.8 Å². The summed E-state index contributed by atoms with van der Waals surface area (Å²) < 4.78 is 26.9. The van der Waals surface area contributed by atoms with E-state index in [9.17, 15) is 8.42 Å². The predicted octanol–water partition coefficient (Wildman–Crippen LogP) is 1.69. The maximum absolute atomic E-state index is 12.6. The lowest BCUT2D eigenvalue weighted by atomic mass is 10.2.